The zero-order chi connectivity index (χ0) is 17.6. The van der Waals surface area contributed by atoms with Gasteiger partial charge in [-0.3, -0.25) is 4.68 Å². The van der Waals surface area contributed by atoms with Crippen LogP contribution in [0.5, 0.6) is 0 Å². The minimum atomic E-state index is -0.467. The number of aryl methyl sites for hydroxylation is 1. The molecule has 0 saturated carbocycles. The van der Waals surface area contributed by atoms with Gasteiger partial charge in [-0.25, -0.2) is 9.37 Å². The molecule has 1 fully saturated rings. The minimum absolute atomic E-state index is 0.0475. The second-order valence-corrected chi connectivity index (χ2v) is 6.66. The fourth-order valence-corrected chi connectivity index (χ4v) is 3.37. The smallest absolute Gasteiger partial charge is 0.228 e. The molecule has 0 spiro atoms. The first-order valence-electron chi connectivity index (χ1n) is 8.25. The third kappa shape index (κ3) is 2.78. The Morgan fingerprint density at radius 3 is 2.64 bits per heavy atom. The lowest BCUT2D eigenvalue weighted by Crippen LogP contribution is -2.31. The standard InChI is InChI=1S/C17H18ClFN6/c1-24-15(20)13-14(10-5-6-12(19)11(18)9-10)21-17(22-16(13)23-24)25-7-3-2-4-8-25/h5-6,9H,2-4,7-8,20H2,1H3. The van der Waals surface area contributed by atoms with Crippen LogP contribution in [0.1, 0.15) is 19.3 Å². The van der Waals surface area contributed by atoms with E-state index in [-0.39, 0.29) is 5.02 Å². The van der Waals surface area contributed by atoms with Crippen molar-refractivity contribution in [3.63, 3.8) is 0 Å². The summed E-state index contributed by atoms with van der Waals surface area (Å²) in [5.41, 5.74) is 8.02. The van der Waals surface area contributed by atoms with Gasteiger partial charge in [0.05, 0.1) is 16.1 Å². The van der Waals surface area contributed by atoms with Gasteiger partial charge in [0.2, 0.25) is 5.95 Å². The predicted molar refractivity (Wildman–Crippen MR) is 97.2 cm³/mol. The largest absolute Gasteiger partial charge is 0.383 e. The molecule has 0 radical (unpaired) electrons. The molecule has 4 rings (SSSR count). The Morgan fingerprint density at radius 1 is 1.16 bits per heavy atom. The Kier molecular flexibility index (Phi) is 3.95. The molecule has 0 aliphatic carbocycles. The van der Waals surface area contributed by atoms with Crippen LogP contribution < -0.4 is 10.6 Å². The number of nitrogen functional groups attached to an aromatic ring is 1. The lowest BCUT2D eigenvalue weighted by Gasteiger charge is -2.26. The highest BCUT2D eigenvalue weighted by atomic mass is 35.5. The highest BCUT2D eigenvalue weighted by Gasteiger charge is 2.21. The maximum atomic E-state index is 13.6. The summed E-state index contributed by atoms with van der Waals surface area (Å²) in [5, 5.41) is 5.11. The number of fused-ring (bicyclic) bond motifs is 1. The van der Waals surface area contributed by atoms with E-state index in [1.54, 1.807) is 23.9 Å². The quantitative estimate of drug-likeness (QED) is 0.758. The summed E-state index contributed by atoms with van der Waals surface area (Å²) in [7, 11) is 1.76. The molecule has 0 amide bonds. The van der Waals surface area contributed by atoms with Gasteiger partial charge in [-0.15, -0.1) is 0 Å². The highest BCUT2D eigenvalue weighted by molar-refractivity contribution is 6.31. The van der Waals surface area contributed by atoms with Crippen molar-refractivity contribution in [1.82, 2.24) is 19.7 Å². The molecule has 6 nitrogen and oxygen atoms in total. The van der Waals surface area contributed by atoms with Crippen LogP contribution in [-0.2, 0) is 7.05 Å². The first-order chi connectivity index (χ1) is 12.0. The summed E-state index contributed by atoms with van der Waals surface area (Å²) in [4.78, 5) is 11.5. The molecule has 0 atom stereocenters. The molecule has 1 aliphatic heterocycles. The van der Waals surface area contributed by atoms with Crippen molar-refractivity contribution in [2.75, 3.05) is 23.7 Å². The van der Waals surface area contributed by atoms with Crippen molar-refractivity contribution in [3.8, 4) is 11.3 Å². The van der Waals surface area contributed by atoms with Crippen LogP contribution in [0.3, 0.4) is 0 Å². The van der Waals surface area contributed by atoms with Gasteiger partial charge < -0.3 is 10.6 Å². The van der Waals surface area contributed by atoms with Crippen LogP contribution in [0, 0.1) is 5.82 Å². The Labute approximate surface area is 149 Å². The molecule has 130 valence electrons. The van der Waals surface area contributed by atoms with Gasteiger partial charge in [-0.1, -0.05) is 11.6 Å². The summed E-state index contributed by atoms with van der Waals surface area (Å²) in [6.07, 6.45) is 3.45. The zero-order valence-electron chi connectivity index (χ0n) is 13.8. The molecule has 1 aromatic carbocycles. The maximum absolute atomic E-state index is 13.6. The summed E-state index contributed by atoms with van der Waals surface area (Å²) in [5.74, 6) is 0.627. The van der Waals surface area contributed by atoms with Crippen molar-refractivity contribution in [2.24, 2.45) is 7.05 Å². The predicted octanol–water partition coefficient (Wildman–Crippen LogP) is 3.40. The van der Waals surface area contributed by atoms with E-state index >= 15 is 0 Å². The molecular formula is C17H18ClFN6. The summed E-state index contributed by atoms with van der Waals surface area (Å²) < 4.78 is 15.1. The molecule has 0 bridgehead atoms. The fourth-order valence-electron chi connectivity index (χ4n) is 3.19. The normalized spacial score (nSPS) is 15.1. The molecule has 2 N–H and O–H groups in total. The second-order valence-electron chi connectivity index (χ2n) is 6.26. The highest BCUT2D eigenvalue weighted by Crippen LogP contribution is 2.33. The Hall–Kier alpha value is -2.41. The first-order valence-corrected chi connectivity index (χ1v) is 8.63. The van der Waals surface area contributed by atoms with Crippen LogP contribution in [-0.4, -0.2) is 32.8 Å². The average Bonchev–Trinajstić information content (AvgIpc) is 2.92. The molecule has 2 aromatic heterocycles. The van der Waals surface area contributed by atoms with Crippen LogP contribution in [0.2, 0.25) is 5.02 Å². The van der Waals surface area contributed by atoms with E-state index in [1.165, 1.54) is 12.5 Å². The second kappa shape index (κ2) is 6.15. The van der Waals surface area contributed by atoms with Crippen molar-refractivity contribution < 1.29 is 4.39 Å². The number of aromatic nitrogens is 4. The number of nitrogens with two attached hydrogens (primary N) is 1. The number of hydrogen-bond acceptors (Lipinski definition) is 5. The molecular weight excluding hydrogens is 343 g/mol. The third-order valence-electron chi connectivity index (χ3n) is 4.56. The number of halogens is 2. The molecule has 8 heteroatoms. The van der Waals surface area contributed by atoms with Crippen LogP contribution >= 0.6 is 11.6 Å². The van der Waals surface area contributed by atoms with Crippen LogP contribution in [0.4, 0.5) is 16.2 Å². The van der Waals surface area contributed by atoms with E-state index in [2.05, 4.69) is 15.0 Å². The van der Waals surface area contributed by atoms with E-state index < -0.39 is 5.82 Å². The Morgan fingerprint density at radius 2 is 1.92 bits per heavy atom. The van der Waals surface area contributed by atoms with E-state index in [9.17, 15) is 4.39 Å². The van der Waals surface area contributed by atoms with Crippen molar-refractivity contribution >= 4 is 34.4 Å². The topological polar surface area (TPSA) is 72.9 Å². The van der Waals surface area contributed by atoms with E-state index in [0.717, 1.165) is 25.9 Å². The van der Waals surface area contributed by atoms with Crippen molar-refractivity contribution in [1.29, 1.82) is 0 Å². The molecule has 3 aromatic rings. The average molecular weight is 361 g/mol. The summed E-state index contributed by atoms with van der Waals surface area (Å²) >= 11 is 5.97. The lowest BCUT2D eigenvalue weighted by molar-refractivity contribution is 0.569. The third-order valence-corrected chi connectivity index (χ3v) is 4.85. The van der Waals surface area contributed by atoms with Crippen molar-refractivity contribution in [2.45, 2.75) is 19.3 Å². The summed E-state index contributed by atoms with van der Waals surface area (Å²) in [6, 6.07) is 4.54. The van der Waals surface area contributed by atoms with Gasteiger partial charge in [0, 0.05) is 25.7 Å². The van der Waals surface area contributed by atoms with Gasteiger partial charge in [-0.05, 0) is 37.5 Å². The molecule has 25 heavy (non-hydrogen) atoms. The number of benzene rings is 1. The maximum Gasteiger partial charge on any atom is 0.228 e. The molecule has 0 unspecified atom stereocenters. The number of piperidine rings is 1. The van der Waals surface area contributed by atoms with Gasteiger partial charge in [0.1, 0.15) is 11.6 Å². The van der Waals surface area contributed by atoms with Gasteiger partial charge in [-0.2, -0.15) is 10.1 Å². The monoisotopic (exact) mass is 360 g/mol. The molecule has 3 heterocycles. The number of nitrogens with zero attached hydrogens (tertiary/aromatic N) is 5. The van der Waals surface area contributed by atoms with Crippen LogP contribution in [0.15, 0.2) is 18.2 Å². The van der Waals surface area contributed by atoms with Gasteiger partial charge in [0.25, 0.3) is 0 Å². The van der Waals surface area contributed by atoms with E-state index in [0.29, 0.717) is 34.1 Å². The molecule has 1 aliphatic rings. The van der Waals surface area contributed by atoms with Crippen LogP contribution in [0.25, 0.3) is 22.3 Å². The number of hydrogen-bond donors (Lipinski definition) is 1. The van der Waals surface area contributed by atoms with E-state index in [1.807, 2.05) is 0 Å². The lowest BCUT2D eigenvalue weighted by atomic mass is 10.1. The summed E-state index contributed by atoms with van der Waals surface area (Å²) in [6.45, 7) is 1.83. The van der Waals surface area contributed by atoms with E-state index in [4.69, 9.17) is 22.3 Å². The van der Waals surface area contributed by atoms with Gasteiger partial charge >= 0.3 is 0 Å². The fraction of sp³-hybridized carbons (Fsp3) is 0.353. The number of anilines is 2. The zero-order valence-corrected chi connectivity index (χ0v) is 14.6. The Bertz CT molecular complexity index is 948. The van der Waals surface area contributed by atoms with Gasteiger partial charge in [0.15, 0.2) is 5.65 Å². The minimum Gasteiger partial charge on any atom is -0.383 e. The number of rotatable bonds is 2. The first kappa shape index (κ1) is 16.1. The Balaban J connectivity index is 1.94. The molecule has 1 saturated heterocycles. The van der Waals surface area contributed by atoms with Crippen molar-refractivity contribution in [3.05, 3.63) is 29.0 Å². The SMILES string of the molecule is Cn1nc2nc(N3CCCCC3)nc(-c3ccc(F)c(Cl)c3)c2c1N.